The van der Waals surface area contributed by atoms with Gasteiger partial charge < -0.3 is 10.2 Å². The van der Waals surface area contributed by atoms with Gasteiger partial charge in [-0.1, -0.05) is 89.9 Å². The molecule has 0 saturated carbocycles. The molecule has 0 radical (unpaired) electrons. The first-order valence-corrected chi connectivity index (χ1v) is 15.9. The van der Waals surface area contributed by atoms with Crippen LogP contribution in [0.4, 0.5) is 5.69 Å². The minimum absolute atomic E-state index is 0.134. The van der Waals surface area contributed by atoms with E-state index in [0.717, 1.165) is 37.3 Å². The van der Waals surface area contributed by atoms with E-state index in [4.69, 9.17) is 0 Å². The number of nitrogens with one attached hydrogen (secondary N) is 1. The summed E-state index contributed by atoms with van der Waals surface area (Å²) in [5.41, 5.74) is 3.88. The van der Waals surface area contributed by atoms with Crippen LogP contribution in [0.5, 0.6) is 0 Å². The van der Waals surface area contributed by atoms with Crippen LogP contribution in [0.15, 0.2) is 77.3 Å². The Labute approximate surface area is 246 Å². The Bertz CT molecular complexity index is 1430. The van der Waals surface area contributed by atoms with Crippen molar-refractivity contribution in [2.45, 2.75) is 46.7 Å². The molecule has 0 fully saturated rings. The molecule has 0 bridgehead atoms. The van der Waals surface area contributed by atoms with Gasteiger partial charge >= 0.3 is 0 Å². The topological polar surface area (TPSA) is 86.8 Å². The molecule has 9 heteroatoms. The second kappa shape index (κ2) is 13.9. The lowest BCUT2D eigenvalue weighted by Gasteiger charge is -2.34. The summed E-state index contributed by atoms with van der Waals surface area (Å²) < 4.78 is 27.9. The van der Waals surface area contributed by atoms with Gasteiger partial charge in [-0.2, -0.15) is 0 Å². The average molecular weight is 629 g/mol. The predicted octanol–water partition coefficient (Wildman–Crippen LogP) is 5.24. The van der Waals surface area contributed by atoms with E-state index in [1.54, 1.807) is 6.07 Å². The Morgan fingerprint density at radius 3 is 2.20 bits per heavy atom. The first-order chi connectivity index (χ1) is 18.8. The van der Waals surface area contributed by atoms with Crippen LogP contribution in [0.3, 0.4) is 0 Å². The van der Waals surface area contributed by atoms with Crippen LogP contribution >= 0.6 is 15.9 Å². The van der Waals surface area contributed by atoms with Crippen LogP contribution in [0.1, 0.15) is 36.1 Å². The standard InChI is InChI=1S/C31H38BrN3O4S/c1-22(2)19-33-31(37)29(18-25-10-7-6-8-11-25)34(20-26-12-9-13-27(32)17-26)30(36)21-35(40(5,38)39)28-15-14-23(3)16-24(28)4/h6-17,22,29H,18-21H2,1-5H3,(H,33,37)/t29-/m0/s1. The molecule has 0 unspecified atom stereocenters. The quantitative estimate of drug-likeness (QED) is 0.297. The lowest BCUT2D eigenvalue weighted by molar-refractivity contribution is -0.140. The van der Waals surface area contributed by atoms with Crippen molar-refractivity contribution in [3.63, 3.8) is 0 Å². The normalized spacial score (nSPS) is 12.2. The smallest absolute Gasteiger partial charge is 0.244 e. The fourth-order valence-electron chi connectivity index (χ4n) is 4.49. The van der Waals surface area contributed by atoms with Crippen LogP contribution in [-0.4, -0.2) is 50.5 Å². The first kappa shape index (κ1) is 31.4. The zero-order valence-electron chi connectivity index (χ0n) is 23.7. The van der Waals surface area contributed by atoms with E-state index in [1.165, 1.54) is 4.90 Å². The fourth-order valence-corrected chi connectivity index (χ4v) is 5.84. The molecule has 3 rings (SSSR count). The maximum atomic E-state index is 14.1. The number of carbonyl (C=O) groups is 2. The molecule has 3 aromatic carbocycles. The maximum absolute atomic E-state index is 14.1. The highest BCUT2D eigenvalue weighted by molar-refractivity contribution is 9.10. The fraction of sp³-hybridized carbons (Fsp3) is 0.355. The van der Waals surface area contributed by atoms with Gasteiger partial charge in [-0.15, -0.1) is 0 Å². The Kier molecular flexibility index (Phi) is 10.9. The summed E-state index contributed by atoms with van der Waals surface area (Å²) in [6, 6.07) is 21.6. The van der Waals surface area contributed by atoms with Gasteiger partial charge in [-0.05, 0) is 54.7 Å². The van der Waals surface area contributed by atoms with Gasteiger partial charge in [0.2, 0.25) is 21.8 Å². The SMILES string of the molecule is Cc1ccc(N(CC(=O)N(Cc2cccc(Br)c2)[C@@H](Cc2ccccc2)C(=O)NCC(C)C)S(C)(=O)=O)c(C)c1. The highest BCUT2D eigenvalue weighted by Gasteiger charge is 2.33. The molecule has 0 aromatic heterocycles. The van der Waals surface area contributed by atoms with Crippen molar-refractivity contribution in [1.82, 2.24) is 10.2 Å². The molecule has 2 amide bonds. The van der Waals surface area contributed by atoms with Crippen molar-refractivity contribution >= 4 is 43.5 Å². The van der Waals surface area contributed by atoms with Crippen molar-refractivity contribution < 1.29 is 18.0 Å². The number of nitrogens with zero attached hydrogens (tertiary/aromatic N) is 2. The third-order valence-corrected chi connectivity index (χ3v) is 8.12. The lowest BCUT2D eigenvalue weighted by Crippen LogP contribution is -2.53. The van der Waals surface area contributed by atoms with Crippen molar-refractivity contribution in [2.75, 3.05) is 23.7 Å². The van der Waals surface area contributed by atoms with E-state index in [-0.39, 0.29) is 24.8 Å². The maximum Gasteiger partial charge on any atom is 0.244 e. The molecule has 0 heterocycles. The van der Waals surface area contributed by atoms with Crippen LogP contribution in [0.25, 0.3) is 0 Å². The molecule has 1 N–H and O–H groups in total. The largest absolute Gasteiger partial charge is 0.354 e. The summed E-state index contributed by atoms with van der Waals surface area (Å²) in [4.78, 5) is 29.3. The first-order valence-electron chi connectivity index (χ1n) is 13.3. The van der Waals surface area contributed by atoms with E-state index in [1.807, 2.05) is 94.4 Å². The van der Waals surface area contributed by atoms with E-state index >= 15 is 0 Å². The molecule has 3 aromatic rings. The predicted molar refractivity (Wildman–Crippen MR) is 165 cm³/mol. The summed E-state index contributed by atoms with van der Waals surface area (Å²) in [5, 5.41) is 2.99. The number of carbonyl (C=O) groups excluding carboxylic acids is 2. The van der Waals surface area contributed by atoms with Crippen LogP contribution in [0.2, 0.25) is 0 Å². The summed E-state index contributed by atoms with van der Waals surface area (Å²) in [6.07, 6.45) is 1.38. The number of aryl methyl sites for hydroxylation is 2. The van der Waals surface area contributed by atoms with Crippen molar-refractivity contribution in [2.24, 2.45) is 5.92 Å². The molecule has 0 aliphatic rings. The Morgan fingerprint density at radius 2 is 1.60 bits per heavy atom. The van der Waals surface area contributed by atoms with Crippen LogP contribution in [0, 0.1) is 19.8 Å². The second-order valence-corrected chi connectivity index (χ2v) is 13.4. The number of sulfonamides is 1. The summed E-state index contributed by atoms with van der Waals surface area (Å²) in [6.45, 7) is 7.92. The van der Waals surface area contributed by atoms with E-state index in [2.05, 4.69) is 21.2 Å². The number of anilines is 1. The second-order valence-electron chi connectivity index (χ2n) is 10.6. The number of hydrogen-bond donors (Lipinski definition) is 1. The molecule has 0 spiro atoms. The lowest BCUT2D eigenvalue weighted by atomic mass is 10.0. The zero-order valence-corrected chi connectivity index (χ0v) is 26.1. The van der Waals surface area contributed by atoms with Gasteiger partial charge in [0.25, 0.3) is 0 Å². The molecular formula is C31H38BrN3O4S. The highest BCUT2D eigenvalue weighted by atomic mass is 79.9. The minimum atomic E-state index is -3.81. The number of rotatable bonds is 12. The van der Waals surface area contributed by atoms with Crippen molar-refractivity contribution in [1.29, 1.82) is 0 Å². The molecule has 0 aliphatic carbocycles. The minimum Gasteiger partial charge on any atom is -0.354 e. The Morgan fingerprint density at radius 1 is 0.925 bits per heavy atom. The van der Waals surface area contributed by atoms with Crippen LogP contribution in [-0.2, 0) is 32.6 Å². The molecule has 0 aliphatic heterocycles. The zero-order chi connectivity index (χ0) is 29.4. The summed E-state index contributed by atoms with van der Waals surface area (Å²) >= 11 is 3.49. The summed E-state index contributed by atoms with van der Waals surface area (Å²) in [7, 11) is -3.81. The van der Waals surface area contributed by atoms with Gasteiger partial charge in [-0.3, -0.25) is 13.9 Å². The number of benzene rings is 3. The summed E-state index contributed by atoms with van der Waals surface area (Å²) in [5.74, 6) is -0.523. The van der Waals surface area contributed by atoms with Crippen molar-refractivity contribution in [3.8, 4) is 0 Å². The Balaban J connectivity index is 2.07. The van der Waals surface area contributed by atoms with Gasteiger partial charge in [0, 0.05) is 24.0 Å². The van der Waals surface area contributed by atoms with Gasteiger partial charge in [0.1, 0.15) is 12.6 Å². The molecule has 7 nitrogen and oxygen atoms in total. The van der Waals surface area contributed by atoms with Gasteiger partial charge in [-0.25, -0.2) is 8.42 Å². The number of amides is 2. The van der Waals surface area contributed by atoms with Gasteiger partial charge in [0.15, 0.2) is 0 Å². The molecule has 0 saturated heterocycles. The highest BCUT2D eigenvalue weighted by Crippen LogP contribution is 2.25. The third kappa shape index (κ3) is 8.93. The molecule has 1 atom stereocenters. The van der Waals surface area contributed by atoms with Crippen molar-refractivity contribution in [3.05, 3.63) is 99.5 Å². The van der Waals surface area contributed by atoms with E-state index in [9.17, 15) is 18.0 Å². The molecular weight excluding hydrogens is 590 g/mol. The molecule has 40 heavy (non-hydrogen) atoms. The van der Waals surface area contributed by atoms with Gasteiger partial charge in [0.05, 0.1) is 11.9 Å². The number of halogens is 1. The monoisotopic (exact) mass is 627 g/mol. The van der Waals surface area contributed by atoms with Crippen LogP contribution < -0.4 is 9.62 Å². The van der Waals surface area contributed by atoms with E-state index < -0.39 is 28.5 Å². The Hall–Kier alpha value is -3.17. The third-order valence-electron chi connectivity index (χ3n) is 6.50. The average Bonchev–Trinajstić information content (AvgIpc) is 2.88. The van der Waals surface area contributed by atoms with E-state index in [0.29, 0.717) is 12.2 Å². The molecule has 214 valence electrons. The number of hydrogen-bond acceptors (Lipinski definition) is 4.